The second kappa shape index (κ2) is 8.04. The maximum atomic E-state index is 12.5. The number of nitriles is 1. The number of nitrogens with one attached hydrogen (secondary N) is 1. The van der Waals surface area contributed by atoms with Gasteiger partial charge in [-0.25, -0.2) is 0 Å². The Morgan fingerprint density at radius 3 is 2.70 bits per heavy atom. The lowest BCUT2D eigenvalue weighted by Crippen LogP contribution is -2.45. The SMILES string of the molecule is C[C@H](O)[C@H](CO)NC(=O)Cn1c2ccccc2c2cc(C=CC#N)ccc21. The highest BCUT2D eigenvalue weighted by atomic mass is 16.3. The summed E-state index contributed by atoms with van der Waals surface area (Å²) in [7, 11) is 0. The number of para-hydroxylation sites is 1. The molecular weight excluding hydrogens is 342 g/mol. The lowest BCUT2D eigenvalue weighted by Gasteiger charge is -2.19. The van der Waals surface area contributed by atoms with Crippen LogP contribution in [-0.4, -0.2) is 39.4 Å². The number of benzene rings is 2. The number of rotatable bonds is 6. The van der Waals surface area contributed by atoms with Gasteiger partial charge in [0, 0.05) is 27.9 Å². The minimum Gasteiger partial charge on any atom is -0.394 e. The fraction of sp³-hybridized carbons (Fsp3) is 0.238. The molecule has 3 rings (SSSR count). The number of carbonyl (C=O) groups excluding carboxylic acids is 1. The summed E-state index contributed by atoms with van der Waals surface area (Å²) in [5.74, 6) is -0.286. The number of aliphatic hydroxyl groups excluding tert-OH is 2. The number of fused-ring (bicyclic) bond motifs is 3. The molecule has 0 saturated carbocycles. The minimum atomic E-state index is -0.841. The predicted molar refractivity (Wildman–Crippen MR) is 105 cm³/mol. The van der Waals surface area contributed by atoms with E-state index in [2.05, 4.69) is 5.32 Å². The van der Waals surface area contributed by atoms with Crippen molar-refractivity contribution in [3.05, 3.63) is 54.1 Å². The van der Waals surface area contributed by atoms with Gasteiger partial charge in [-0.2, -0.15) is 5.26 Å². The van der Waals surface area contributed by atoms with E-state index >= 15 is 0 Å². The van der Waals surface area contributed by atoms with E-state index in [1.54, 1.807) is 6.08 Å². The van der Waals surface area contributed by atoms with Crippen molar-refractivity contribution in [1.29, 1.82) is 5.26 Å². The number of nitrogens with zero attached hydrogens (tertiary/aromatic N) is 2. The van der Waals surface area contributed by atoms with Crippen molar-refractivity contribution < 1.29 is 15.0 Å². The highest BCUT2D eigenvalue weighted by Gasteiger charge is 2.18. The highest BCUT2D eigenvalue weighted by Crippen LogP contribution is 2.30. The number of hydrogen-bond acceptors (Lipinski definition) is 4. The second-order valence-corrected chi connectivity index (χ2v) is 6.44. The average molecular weight is 363 g/mol. The zero-order valence-electron chi connectivity index (χ0n) is 15.0. The van der Waals surface area contributed by atoms with E-state index in [-0.39, 0.29) is 19.1 Å². The third kappa shape index (κ3) is 3.85. The number of amides is 1. The largest absolute Gasteiger partial charge is 0.394 e. The molecule has 0 aliphatic rings. The number of hydrogen-bond donors (Lipinski definition) is 3. The summed E-state index contributed by atoms with van der Waals surface area (Å²) in [6.07, 6.45) is 2.33. The fourth-order valence-electron chi connectivity index (χ4n) is 3.19. The summed E-state index contributed by atoms with van der Waals surface area (Å²) in [6, 6.07) is 14.9. The van der Waals surface area contributed by atoms with Crippen LogP contribution >= 0.6 is 0 Å². The molecule has 0 aliphatic heterocycles. The van der Waals surface area contributed by atoms with Crippen molar-refractivity contribution in [1.82, 2.24) is 9.88 Å². The second-order valence-electron chi connectivity index (χ2n) is 6.44. The first kappa shape index (κ1) is 18.6. The van der Waals surface area contributed by atoms with Crippen LogP contribution in [0.15, 0.2) is 48.5 Å². The van der Waals surface area contributed by atoms with Gasteiger partial charge in [0.2, 0.25) is 5.91 Å². The highest BCUT2D eigenvalue weighted by molar-refractivity contribution is 6.09. The fourth-order valence-corrected chi connectivity index (χ4v) is 3.19. The summed E-state index contributed by atoms with van der Waals surface area (Å²) in [6.45, 7) is 1.27. The molecule has 6 nitrogen and oxygen atoms in total. The van der Waals surface area contributed by atoms with Gasteiger partial charge >= 0.3 is 0 Å². The van der Waals surface area contributed by atoms with Crippen molar-refractivity contribution >= 4 is 33.8 Å². The van der Waals surface area contributed by atoms with Gasteiger partial charge in [-0.1, -0.05) is 24.3 Å². The third-order valence-corrected chi connectivity index (χ3v) is 4.57. The van der Waals surface area contributed by atoms with Crippen LogP contribution in [-0.2, 0) is 11.3 Å². The van der Waals surface area contributed by atoms with Gasteiger partial charge in [-0.15, -0.1) is 0 Å². The molecule has 3 N–H and O–H groups in total. The Labute approximate surface area is 157 Å². The molecule has 2 aromatic carbocycles. The molecule has 2 atom stereocenters. The van der Waals surface area contributed by atoms with Crippen LogP contribution < -0.4 is 5.32 Å². The maximum absolute atomic E-state index is 12.5. The number of aliphatic hydroxyl groups is 2. The molecule has 0 spiro atoms. The molecule has 0 aliphatic carbocycles. The molecule has 1 heterocycles. The van der Waals surface area contributed by atoms with Gasteiger partial charge in [-0.05, 0) is 36.8 Å². The predicted octanol–water partition coefficient (Wildman–Crippen LogP) is 2.19. The summed E-state index contributed by atoms with van der Waals surface area (Å²) >= 11 is 0. The summed E-state index contributed by atoms with van der Waals surface area (Å²) in [4.78, 5) is 12.5. The zero-order chi connectivity index (χ0) is 19.4. The number of aromatic nitrogens is 1. The van der Waals surface area contributed by atoms with Gasteiger partial charge in [0.1, 0.15) is 6.54 Å². The lowest BCUT2D eigenvalue weighted by atomic mass is 10.1. The summed E-state index contributed by atoms with van der Waals surface area (Å²) in [5, 5.41) is 32.3. The molecule has 0 radical (unpaired) electrons. The van der Waals surface area contributed by atoms with E-state index in [0.717, 1.165) is 27.4 Å². The first-order valence-corrected chi connectivity index (χ1v) is 8.70. The monoisotopic (exact) mass is 363 g/mol. The Hall–Kier alpha value is -3.14. The average Bonchev–Trinajstić information content (AvgIpc) is 2.97. The van der Waals surface area contributed by atoms with Crippen LogP contribution in [0, 0.1) is 11.3 Å². The van der Waals surface area contributed by atoms with Crippen molar-refractivity contribution in [2.75, 3.05) is 6.61 Å². The van der Waals surface area contributed by atoms with Crippen LogP contribution in [0.4, 0.5) is 0 Å². The molecular formula is C21H21N3O3. The molecule has 0 unspecified atom stereocenters. The lowest BCUT2D eigenvalue weighted by molar-refractivity contribution is -0.123. The van der Waals surface area contributed by atoms with E-state index < -0.39 is 12.1 Å². The summed E-state index contributed by atoms with van der Waals surface area (Å²) < 4.78 is 1.91. The Bertz CT molecular complexity index is 1040. The van der Waals surface area contributed by atoms with Crippen molar-refractivity contribution in [3.8, 4) is 6.07 Å². The van der Waals surface area contributed by atoms with Crippen molar-refractivity contribution in [2.45, 2.75) is 25.6 Å². The molecule has 0 saturated heterocycles. The topological polar surface area (TPSA) is 98.3 Å². The van der Waals surface area contributed by atoms with E-state index in [9.17, 15) is 15.0 Å². The van der Waals surface area contributed by atoms with Crippen molar-refractivity contribution in [2.24, 2.45) is 0 Å². The van der Waals surface area contributed by atoms with Crippen LogP contribution in [0.1, 0.15) is 12.5 Å². The molecule has 0 fully saturated rings. The van der Waals surface area contributed by atoms with Crippen molar-refractivity contribution in [3.63, 3.8) is 0 Å². The maximum Gasteiger partial charge on any atom is 0.240 e. The van der Waals surface area contributed by atoms with Crippen LogP contribution in [0.3, 0.4) is 0 Å². The molecule has 1 aromatic heterocycles. The van der Waals surface area contributed by atoms with Gasteiger partial charge in [-0.3, -0.25) is 4.79 Å². The molecule has 1 amide bonds. The van der Waals surface area contributed by atoms with E-state index in [1.807, 2.05) is 53.1 Å². The number of allylic oxidation sites excluding steroid dienone is 1. The first-order chi connectivity index (χ1) is 13.0. The Morgan fingerprint density at radius 1 is 1.26 bits per heavy atom. The zero-order valence-corrected chi connectivity index (χ0v) is 15.0. The minimum absolute atomic E-state index is 0.0701. The quantitative estimate of drug-likeness (QED) is 0.585. The van der Waals surface area contributed by atoms with Gasteiger partial charge in [0.15, 0.2) is 0 Å². The van der Waals surface area contributed by atoms with Gasteiger partial charge in [0.25, 0.3) is 0 Å². The van der Waals surface area contributed by atoms with E-state index in [1.165, 1.54) is 13.0 Å². The Morgan fingerprint density at radius 2 is 2.00 bits per heavy atom. The van der Waals surface area contributed by atoms with Crippen LogP contribution in [0.2, 0.25) is 0 Å². The Balaban J connectivity index is 2.02. The number of carbonyl (C=O) groups is 1. The van der Waals surface area contributed by atoms with E-state index in [4.69, 9.17) is 5.26 Å². The third-order valence-electron chi connectivity index (χ3n) is 4.57. The molecule has 3 aromatic rings. The van der Waals surface area contributed by atoms with E-state index in [0.29, 0.717) is 0 Å². The molecule has 6 heteroatoms. The molecule has 138 valence electrons. The molecule has 0 bridgehead atoms. The normalized spacial score (nSPS) is 13.7. The smallest absolute Gasteiger partial charge is 0.240 e. The van der Waals surface area contributed by atoms with Crippen LogP contribution in [0.25, 0.3) is 27.9 Å². The molecule has 27 heavy (non-hydrogen) atoms. The standard InChI is InChI=1S/C21H21N3O3/c1-14(26)18(13-25)23-21(27)12-24-19-7-3-2-6-16(19)17-11-15(5-4-10-22)8-9-20(17)24/h2-9,11,14,18,25-26H,12-13H2,1H3,(H,23,27)/t14-,18-/m0/s1. The van der Waals surface area contributed by atoms with Crippen LogP contribution in [0.5, 0.6) is 0 Å². The first-order valence-electron chi connectivity index (χ1n) is 8.70. The summed E-state index contributed by atoms with van der Waals surface area (Å²) in [5.41, 5.74) is 2.73. The van der Waals surface area contributed by atoms with Gasteiger partial charge in [0.05, 0.1) is 24.8 Å². The van der Waals surface area contributed by atoms with Gasteiger partial charge < -0.3 is 20.1 Å². The Kier molecular flexibility index (Phi) is 5.55.